The van der Waals surface area contributed by atoms with Gasteiger partial charge in [-0.15, -0.1) is 5.10 Å². The zero-order valence-corrected chi connectivity index (χ0v) is 9.79. The number of aromatic nitrogens is 2. The quantitative estimate of drug-likeness (QED) is 0.743. The standard InChI is InChI=1S/C9H12N4O3S/c14-7(15)9(2-1-3-9)5-10-8(16)12-6-4-11-13-17-6/h4H,1-3,5H2,(H,14,15)(H2,10,12,16). The van der Waals surface area contributed by atoms with Crippen molar-refractivity contribution in [3.05, 3.63) is 6.20 Å². The molecule has 1 aliphatic rings. The molecular formula is C9H12N4O3S. The van der Waals surface area contributed by atoms with Crippen molar-refractivity contribution in [2.45, 2.75) is 19.3 Å². The predicted molar refractivity (Wildman–Crippen MR) is 60.9 cm³/mol. The van der Waals surface area contributed by atoms with Crippen LogP contribution in [0.1, 0.15) is 19.3 Å². The van der Waals surface area contributed by atoms with Crippen molar-refractivity contribution >= 4 is 28.5 Å². The molecule has 2 amide bonds. The number of carboxylic acid groups (broad SMARTS) is 1. The van der Waals surface area contributed by atoms with E-state index in [9.17, 15) is 9.59 Å². The van der Waals surface area contributed by atoms with E-state index in [1.165, 1.54) is 6.20 Å². The van der Waals surface area contributed by atoms with Crippen LogP contribution in [0.25, 0.3) is 0 Å². The highest BCUT2D eigenvalue weighted by molar-refractivity contribution is 7.10. The van der Waals surface area contributed by atoms with Gasteiger partial charge in [0, 0.05) is 18.1 Å². The number of nitrogens with one attached hydrogen (secondary N) is 2. The molecule has 92 valence electrons. The average Bonchev–Trinajstić information content (AvgIpc) is 2.68. The molecule has 8 heteroatoms. The van der Waals surface area contributed by atoms with Gasteiger partial charge < -0.3 is 10.4 Å². The first-order valence-corrected chi connectivity index (χ1v) is 5.95. The summed E-state index contributed by atoms with van der Waals surface area (Å²) in [5.74, 6) is -0.844. The van der Waals surface area contributed by atoms with E-state index >= 15 is 0 Å². The molecule has 1 aromatic rings. The van der Waals surface area contributed by atoms with Gasteiger partial charge in [0.1, 0.15) is 5.00 Å². The molecule has 1 saturated carbocycles. The van der Waals surface area contributed by atoms with Crippen molar-refractivity contribution in [2.24, 2.45) is 5.41 Å². The zero-order valence-electron chi connectivity index (χ0n) is 8.97. The molecule has 0 bridgehead atoms. The molecule has 17 heavy (non-hydrogen) atoms. The van der Waals surface area contributed by atoms with E-state index in [0.29, 0.717) is 17.8 Å². The van der Waals surface area contributed by atoms with Crippen molar-refractivity contribution in [3.63, 3.8) is 0 Å². The Bertz CT molecular complexity index is 416. The van der Waals surface area contributed by atoms with Crippen LogP contribution in [0.4, 0.5) is 9.80 Å². The number of carboxylic acids is 1. The Morgan fingerprint density at radius 3 is 2.76 bits per heavy atom. The van der Waals surface area contributed by atoms with Crippen LogP contribution in [0.2, 0.25) is 0 Å². The largest absolute Gasteiger partial charge is 0.481 e. The van der Waals surface area contributed by atoms with Crippen LogP contribution in [0.5, 0.6) is 0 Å². The van der Waals surface area contributed by atoms with Crippen molar-refractivity contribution in [1.82, 2.24) is 14.9 Å². The van der Waals surface area contributed by atoms with Crippen molar-refractivity contribution in [1.29, 1.82) is 0 Å². The Morgan fingerprint density at radius 1 is 1.53 bits per heavy atom. The van der Waals surface area contributed by atoms with Gasteiger partial charge in [0.2, 0.25) is 0 Å². The molecule has 1 aliphatic carbocycles. The molecule has 0 radical (unpaired) electrons. The number of amides is 2. The van der Waals surface area contributed by atoms with Gasteiger partial charge in [0.25, 0.3) is 0 Å². The molecule has 2 rings (SSSR count). The first kappa shape index (κ1) is 11.8. The topological polar surface area (TPSA) is 104 Å². The van der Waals surface area contributed by atoms with Crippen molar-refractivity contribution in [2.75, 3.05) is 11.9 Å². The SMILES string of the molecule is O=C(NCC1(C(=O)O)CCC1)Nc1cnns1. The zero-order chi connectivity index (χ0) is 12.3. The fourth-order valence-electron chi connectivity index (χ4n) is 1.70. The molecule has 0 saturated heterocycles. The van der Waals surface area contributed by atoms with Crippen molar-refractivity contribution in [3.8, 4) is 0 Å². The maximum absolute atomic E-state index is 11.5. The lowest BCUT2D eigenvalue weighted by atomic mass is 9.69. The molecule has 1 fully saturated rings. The first-order chi connectivity index (χ1) is 8.12. The minimum Gasteiger partial charge on any atom is -0.481 e. The Labute approximate surface area is 101 Å². The third-order valence-electron chi connectivity index (χ3n) is 2.95. The van der Waals surface area contributed by atoms with Gasteiger partial charge >= 0.3 is 12.0 Å². The predicted octanol–water partition coefficient (Wildman–Crippen LogP) is 0.914. The Kier molecular flexibility index (Phi) is 3.23. The maximum atomic E-state index is 11.5. The third kappa shape index (κ3) is 2.52. The lowest BCUT2D eigenvalue weighted by molar-refractivity contribution is -0.153. The van der Waals surface area contributed by atoms with E-state index in [1.807, 2.05) is 0 Å². The van der Waals surface area contributed by atoms with Gasteiger partial charge in [-0.1, -0.05) is 10.9 Å². The van der Waals surface area contributed by atoms with Gasteiger partial charge in [0.15, 0.2) is 0 Å². The molecule has 0 aromatic carbocycles. The molecule has 3 N–H and O–H groups in total. The Balaban J connectivity index is 1.82. The number of hydrogen-bond acceptors (Lipinski definition) is 5. The monoisotopic (exact) mass is 256 g/mol. The molecule has 1 heterocycles. The summed E-state index contributed by atoms with van der Waals surface area (Å²) in [4.78, 5) is 22.5. The van der Waals surface area contributed by atoms with E-state index in [2.05, 4.69) is 20.2 Å². The molecule has 7 nitrogen and oxygen atoms in total. The number of urea groups is 1. The number of rotatable bonds is 4. The molecule has 1 aromatic heterocycles. The minimum atomic E-state index is -0.844. The van der Waals surface area contributed by atoms with Gasteiger partial charge in [-0.25, -0.2) is 4.79 Å². The summed E-state index contributed by atoms with van der Waals surface area (Å²) in [6, 6.07) is -0.427. The summed E-state index contributed by atoms with van der Waals surface area (Å²) in [6.07, 6.45) is 3.56. The third-order valence-corrected chi connectivity index (χ3v) is 3.53. The lowest BCUT2D eigenvalue weighted by Crippen LogP contribution is -2.48. The van der Waals surface area contributed by atoms with Crippen LogP contribution in [0.15, 0.2) is 6.20 Å². The maximum Gasteiger partial charge on any atom is 0.319 e. The van der Waals surface area contributed by atoms with Crippen LogP contribution < -0.4 is 10.6 Å². The summed E-state index contributed by atoms with van der Waals surface area (Å²) < 4.78 is 3.59. The number of carbonyl (C=O) groups excluding carboxylic acids is 1. The number of anilines is 1. The van der Waals surface area contributed by atoms with Crippen LogP contribution in [0, 0.1) is 5.41 Å². The number of nitrogens with zero attached hydrogens (tertiary/aromatic N) is 2. The lowest BCUT2D eigenvalue weighted by Gasteiger charge is -2.37. The second kappa shape index (κ2) is 4.66. The molecular weight excluding hydrogens is 244 g/mol. The van der Waals surface area contributed by atoms with Crippen LogP contribution in [0.3, 0.4) is 0 Å². The fourth-order valence-corrected chi connectivity index (χ4v) is 2.11. The highest BCUT2D eigenvalue weighted by Gasteiger charge is 2.44. The van der Waals surface area contributed by atoms with E-state index in [-0.39, 0.29) is 6.54 Å². The smallest absolute Gasteiger partial charge is 0.319 e. The molecule has 0 atom stereocenters. The minimum absolute atomic E-state index is 0.153. The second-order valence-electron chi connectivity index (χ2n) is 4.03. The summed E-state index contributed by atoms with van der Waals surface area (Å²) in [7, 11) is 0. The van der Waals surface area contributed by atoms with Crippen molar-refractivity contribution < 1.29 is 14.7 Å². The highest BCUT2D eigenvalue weighted by Crippen LogP contribution is 2.40. The number of aliphatic carboxylic acids is 1. The summed E-state index contributed by atoms with van der Waals surface area (Å²) >= 11 is 1.06. The average molecular weight is 256 g/mol. The van der Waals surface area contributed by atoms with Gasteiger partial charge in [-0.3, -0.25) is 10.1 Å². The van der Waals surface area contributed by atoms with Crippen LogP contribution in [-0.4, -0.2) is 33.2 Å². The molecule has 0 unspecified atom stereocenters. The van der Waals surface area contributed by atoms with Gasteiger partial charge in [-0.05, 0) is 12.8 Å². The van der Waals surface area contributed by atoms with E-state index in [0.717, 1.165) is 18.0 Å². The van der Waals surface area contributed by atoms with Crippen LogP contribution >= 0.6 is 11.5 Å². The van der Waals surface area contributed by atoms with Gasteiger partial charge in [0.05, 0.1) is 11.6 Å². The second-order valence-corrected chi connectivity index (χ2v) is 4.81. The van der Waals surface area contributed by atoms with Gasteiger partial charge in [-0.2, -0.15) is 0 Å². The fraction of sp³-hybridized carbons (Fsp3) is 0.556. The number of hydrogen-bond donors (Lipinski definition) is 3. The van der Waals surface area contributed by atoms with E-state index in [1.54, 1.807) is 0 Å². The number of carbonyl (C=O) groups is 2. The summed E-state index contributed by atoms with van der Waals surface area (Å²) in [5, 5.41) is 18.3. The van der Waals surface area contributed by atoms with E-state index in [4.69, 9.17) is 5.11 Å². The Morgan fingerprint density at radius 2 is 2.29 bits per heavy atom. The first-order valence-electron chi connectivity index (χ1n) is 5.18. The Hall–Kier alpha value is -1.70. The summed E-state index contributed by atoms with van der Waals surface area (Å²) in [6.45, 7) is 0.153. The molecule has 0 aliphatic heterocycles. The van der Waals surface area contributed by atoms with Crippen LogP contribution in [-0.2, 0) is 4.79 Å². The highest BCUT2D eigenvalue weighted by atomic mass is 32.1. The normalized spacial score (nSPS) is 16.9. The van der Waals surface area contributed by atoms with E-state index < -0.39 is 17.4 Å². The molecule has 0 spiro atoms. The summed E-state index contributed by atoms with van der Waals surface area (Å²) in [5.41, 5.74) is -0.775.